The van der Waals surface area contributed by atoms with Gasteiger partial charge in [-0.15, -0.1) is 17.5 Å². The minimum absolute atomic E-state index is 0. The molecule has 0 unspecified atom stereocenters. The molecule has 4 rings (SSSR count). The normalized spacial score (nSPS) is 22.5. The van der Waals surface area contributed by atoms with E-state index in [9.17, 15) is 19.8 Å². The summed E-state index contributed by atoms with van der Waals surface area (Å²) >= 11 is 1.52. The number of carbonyl (C=O) groups is 2. The van der Waals surface area contributed by atoms with Crippen molar-refractivity contribution in [1.29, 1.82) is 0 Å². The number of fused-ring (bicyclic) bond motifs is 1. The number of carbonyl (C=O) groups excluding carboxylic acids is 2. The maximum Gasteiger partial charge on any atom is 2.00 e. The quantitative estimate of drug-likeness (QED) is 0.344. The molecule has 2 aromatic rings. The molecule has 2 N–H and O–H groups in total. The van der Waals surface area contributed by atoms with Crippen LogP contribution in [0.2, 0.25) is 0 Å². The number of thioether (sulfide) groups is 1. The fourth-order valence-electron chi connectivity index (χ4n) is 6.04. The van der Waals surface area contributed by atoms with E-state index >= 15 is 0 Å². The van der Waals surface area contributed by atoms with Crippen molar-refractivity contribution in [2.24, 2.45) is 11.8 Å². The van der Waals surface area contributed by atoms with Crippen molar-refractivity contribution in [1.82, 2.24) is 15.5 Å². The van der Waals surface area contributed by atoms with Gasteiger partial charge in [-0.05, 0) is 82.7 Å². The Hall–Kier alpha value is -1.78. The van der Waals surface area contributed by atoms with Crippen LogP contribution in [0.4, 0.5) is 0 Å². The fraction of sp³-hybridized carbons (Fsp3) is 0.562. The molecule has 1 aliphatic heterocycles. The van der Waals surface area contributed by atoms with E-state index in [4.69, 9.17) is 0 Å². The summed E-state index contributed by atoms with van der Waals surface area (Å²) in [6.07, 6.45) is 4.29. The molecule has 1 saturated carbocycles. The number of likely N-dealkylation sites (tertiary alicyclic amines) is 1. The van der Waals surface area contributed by atoms with Crippen LogP contribution >= 0.6 is 11.8 Å². The Bertz CT molecular complexity index is 1160. The third kappa shape index (κ3) is 9.35. The second kappa shape index (κ2) is 15.1. The minimum Gasteiger partial charge on any atom is -0.872 e. The van der Waals surface area contributed by atoms with Crippen LogP contribution in [0, 0.1) is 18.8 Å². The van der Waals surface area contributed by atoms with Gasteiger partial charge in [-0.3, -0.25) is 14.5 Å². The van der Waals surface area contributed by atoms with Crippen molar-refractivity contribution in [3.8, 4) is 5.75 Å². The van der Waals surface area contributed by atoms with Crippen molar-refractivity contribution >= 4 is 46.6 Å². The third-order valence-electron chi connectivity index (χ3n) is 8.18. The van der Waals surface area contributed by atoms with Crippen LogP contribution in [0.15, 0.2) is 53.4 Å². The van der Waals surface area contributed by atoms with Gasteiger partial charge in [0.2, 0.25) is 5.91 Å². The van der Waals surface area contributed by atoms with Crippen LogP contribution in [0.5, 0.6) is 5.75 Å². The van der Waals surface area contributed by atoms with Gasteiger partial charge in [-0.2, -0.15) is 0 Å². The first-order valence-electron chi connectivity index (χ1n) is 14.5. The van der Waals surface area contributed by atoms with E-state index in [1.807, 2.05) is 51.1 Å². The maximum absolute atomic E-state index is 14.0. The molecule has 0 bridgehead atoms. The molecule has 218 valence electrons. The van der Waals surface area contributed by atoms with Crippen molar-refractivity contribution in [3.63, 3.8) is 0 Å². The molecular weight excluding hydrogens is 547 g/mol. The molecule has 7 nitrogen and oxygen atoms in total. The standard InChI is InChI=1S/C32H44N3O4S.Mg/c1-21-25(15-10-16-28(21)36)30(38)33-26(20-40-24-13-6-5-7-14-24)29(37)19-35-18-23-12-9-8-11-22(23)17-27(35)31(39)34-32(2,3)4;/h5-7,10,13-16,22-23,26-27,29,36H,8-9,11-12,17-20H2,1-4H3,(H,33,38)(H,34,39);/q-1;+2/p-1/t22-,23+,26-,27-,29+;/m0./s1. The van der Waals surface area contributed by atoms with Crippen LogP contribution in [-0.4, -0.2) is 82.3 Å². The molecule has 0 spiro atoms. The first kappa shape index (κ1) is 33.7. The predicted molar refractivity (Wildman–Crippen MR) is 162 cm³/mol. The first-order chi connectivity index (χ1) is 19.0. The van der Waals surface area contributed by atoms with Gasteiger partial charge in [-0.1, -0.05) is 55.7 Å². The van der Waals surface area contributed by atoms with Gasteiger partial charge < -0.3 is 20.8 Å². The monoisotopic (exact) mass is 589 g/mol. The molecule has 2 aromatic carbocycles. The van der Waals surface area contributed by atoms with Crippen LogP contribution < -0.4 is 20.8 Å². The van der Waals surface area contributed by atoms with Crippen molar-refractivity contribution in [2.45, 2.75) is 88.4 Å². The van der Waals surface area contributed by atoms with Gasteiger partial charge in [0.1, 0.15) is 0 Å². The number of nitrogens with zero attached hydrogens (tertiary/aromatic N) is 1. The molecule has 0 aromatic heterocycles. The van der Waals surface area contributed by atoms with Crippen LogP contribution in [0.1, 0.15) is 68.8 Å². The Labute approximate surface area is 265 Å². The summed E-state index contributed by atoms with van der Waals surface area (Å²) < 4.78 is 0. The summed E-state index contributed by atoms with van der Waals surface area (Å²) in [7, 11) is 0. The molecule has 2 amide bonds. The molecule has 9 heteroatoms. The van der Waals surface area contributed by atoms with Gasteiger partial charge in [-0.25, -0.2) is 0 Å². The zero-order valence-corrected chi connectivity index (χ0v) is 27.1. The molecule has 1 saturated heterocycles. The SMILES string of the molecule is Cc1c([O-])cccc1C(=O)N[C@@H](CSc1ccccc1)[C@H]([O-])CN1C[C@H]2CCCC[C@H]2C[C@H]1C(=O)NC(C)(C)C.[Mg+2]. The van der Waals surface area contributed by atoms with Crippen molar-refractivity contribution in [3.05, 3.63) is 59.7 Å². The minimum atomic E-state index is -1.15. The largest absolute Gasteiger partial charge is 2.00 e. The summed E-state index contributed by atoms with van der Waals surface area (Å²) in [5, 5.41) is 32.2. The van der Waals surface area contributed by atoms with E-state index in [1.165, 1.54) is 30.7 Å². The summed E-state index contributed by atoms with van der Waals surface area (Å²) in [5.41, 5.74) is 0.301. The molecule has 1 heterocycles. The number of hydrogen-bond donors (Lipinski definition) is 2. The molecule has 0 radical (unpaired) electrons. The summed E-state index contributed by atoms with van der Waals surface area (Å²) in [5.74, 6) is 0.753. The maximum atomic E-state index is 14.0. The van der Waals surface area contributed by atoms with Gasteiger partial charge >= 0.3 is 23.1 Å². The molecule has 41 heavy (non-hydrogen) atoms. The average Bonchev–Trinajstić information content (AvgIpc) is 2.91. The van der Waals surface area contributed by atoms with Gasteiger partial charge in [0.25, 0.3) is 5.91 Å². The Balaban J connectivity index is 0.00000462. The molecule has 2 aliphatic rings. The number of piperidine rings is 1. The third-order valence-corrected chi connectivity index (χ3v) is 9.32. The zero-order valence-electron chi connectivity index (χ0n) is 24.9. The predicted octanol–water partition coefficient (Wildman–Crippen LogP) is 3.10. The number of nitrogens with one attached hydrogen (secondary N) is 2. The van der Waals surface area contributed by atoms with Crippen molar-refractivity contribution < 1.29 is 19.8 Å². The van der Waals surface area contributed by atoms with E-state index in [2.05, 4.69) is 15.5 Å². The summed E-state index contributed by atoms with van der Waals surface area (Å²) in [6, 6.07) is 13.4. The Morgan fingerprint density at radius 2 is 1.73 bits per heavy atom. The van der Waals surface area contributed by atoms with Crippen LogP contribution in [-0.2, 0) is 4.79 Å². The van der Waals surface area contributed by atoms with E-state index in [0.717, 1.165) is 30.7 Å². The molecule has 1 aliphatic carbocycles. The summed E-state index contributed by atoms with van der Waals surface area (Å²) in [4.78, 5) is 29.8. The molecular formula is C32H43MgN3O4S. The first-order valence-corrected chi connectivity index (χ1v) is 15.5. The Kier molecular flexibility index (Phi) is 12.4. The van der Waals surface area contributed by atoms with E-state index < -0.39 is 18.1 Å². The summed E-state index contributed by atoms with van der Waals surface area (Å²) in [6.45, 7) is 8.46. The van der Waals surface area contributed by atoms with Crippen LogP contribution in [0.3, 0.4) is 0 Å². The van der Waals surface area contributed by atoms with Gasteiger partial charge in [0, 0.05) is 34.3 Å². The molecule has 2 fully saturated rings. The Morgan fingerprint density at radius 3 is 2.41 bits per heavy atom. The second-order valence-corrected chi connectivity index (χ2v) is 13.5. The second-order valence-electron chi connectivity index (χ2n) is 12.4. The number of hydrogen-bond acceptors (Lipinski definition) is 6. The van der Waals surface area contributed by atoms with Gasteiger partial charge in [0.05, 0.1) is 6.04 Å². The number of amides is 2. The van der Waals surface area contributed by atoms with E-state index in [1.54, 1.807) is 19.1 Å². The average molecular weight is 590 g/mol. The Morgan fingerprint density at radius 1 is 1.05 bits per heavy atom. The number of rotatable bonds is 9. The van der Waals surface area contributed by atoms with E-state index in [0.29, 0.717) is 28.7 Å². The fourth-order valence-corrected chi connectivity index (χ4v) is 7.06. The van der Waals surface area contributed by atoms with Crippen molar-refractivity contribution in [2.75, 3.05) is 18.8 Å². The smallest absolute Gasteiger partial charge is 0.872 e. The van der Waals surface area contributed by atoms with E-state index in [-0.39, 0.29) is 52.8 Å². The zero-order chi connectivity index (χ0) is 28.9. The number of benzene rings is 2. The molecule has 5 atom stereocenters. The van der Waals surface area contributed by atoms with Gasteiger partial charge in [0.15, 0.2) is 0 Å². The topological polar surface area (TPSA) is 108 Å². The van der Waals surface area contributed by atoms with Crippen LogP contribution in [0.25, 0.3) is 0 Å².